The van der Waals surface area contributed by atoms with Crippen LogP contribution in [0, 0.1) is 0 Å². The molecular weight excluding hydrogens is 346 g/mol. The van der Waals surface area contributed by atoms with Crippen LogP contribution in [-0.2, 0) is 11.3 Å². The van der Waals surface area contributed by atoms with Crippen LogP contribution in [0.4, 0.5) is 5.69 Å². The van der Waals surface area contributed by atoms with Crippen LogP contribution in [0.3, 0.4) is 0 Å². The quantitative estimate of drug-likeness (QED) is 0.476. The van der Waals surface area contributed by atoms with E-state index in [4.69, 9.17) is 15.6 Å². The van der Waals surface area contributed by atoms with Crippen molar-refractivity contribution in [1.29, 1.82) is 0 Å². The fourth-order valence-corrected chi connectivity index (χ4v) is 2.55. The molecule has 1 unspecified atom stereocenters. The number of nitrogens with one attached hydrogen (secondary N) is 2. The third-order valence-corrected chi connectivity index (χ3v) is 4.10. The predicted molar refractivity (Wildman–Crippen MR) is 104 cm³/mol. The number of carboxylic acid groups (broad SMARTS) is 1. The summed E-state index contributed by atoms with van der Waals surface area (Å²) in [7, 11) is 1.56. The predicted octanol–water partition coefficient (Wildman–Crippen LogP) is 2.23. The molecule has 2 aromatic carbocycles. The number of benzene rings is 2. The van der Waals surface area contributed by atoms with Crippen molar-refractivity contribution in [3.05, 3.63) is 59.7 Å². The molecule has 7 heteroatoms. The summed E-state index contributed by atoms with van der Waals surface area (Å²) < 4.78 is 5.15. The highest BCUT2D eigenvalue weighted by molar-refractivity contribution is 6.04. The molecule has 5 N–H and O–H groups in total. The Bertz CT molecular complexity index is 779. The molecule has 0 radical (unpaired) electrons. The topological polar surface area (TPSA) is 114 Å². The minimum atomic E-state index is -0.986. The molecular formula is C20H25N3O4. The van der Waals surface area contributed by atoms with E-state index in [2.05, 4.69) is 10.6 Å². The zero-order valence-electron chi connectivity index (χ0n) is 15.3. The van der Waals surface area contributed by atoms with E-state index in [0.29, 0.717) is 37.2 Å². The van der Waals surface area contributed by atoms with E-state index in [-0.39, 0.29) is 5.91 Å². The van der Waals surface area contributed by atoms with E-state index in [1.807, 2.05) is 24.3 Å². The highest BCUT2D eigenvalue weighted by atomic mass is 16.5. The van der Waals surface area contributed by atoms with E-state index in [1.54, 1.807) is 31.4 Å². The lowest BCUT2D eigenvalue weighted by molar-refractivity contribution is -0.138. The molecule has 0 spiro atoms. The van der Waals surface area contributed by atoms with Crippen LogP contribution >= 0.6 is 0 Å². The van der Waals surface area contributed by atoms with Crippen molar-refractivity contribution in [3.8, 4) is 5.75 Å². The molecule has 0 saturated carbocycles. The summed E-state index contributed by atoms with van der Waals surface area (Å²) in [4.78, 5) is 23.2. The lowest BCUT2D eigenvalue weighted by Gasteiger charge is -2.13. The Balaban J connectivity index is 1.91. The second kappa shape index (κ2) is 10.3. The van der Waals surface area contributed by atoms with E-state index in [9.17, 15) is 9.59 Å². The number of methoxy groups -OCH3 is 1. The van der Waals surface area contributed by atoms with Gasteiger partial charge in [-0.3, -0.25) is 9.59 Å². The maximum Gasteiger partial charge on any atom is 0.320 e. The molecule has 144 valence electrons. The van der Waals surface area contributed by atoms with Crippen molar-refractivity contribution >= 4 is 17.6 Å². The molecule has 0 bridgehead atoms. The van der Waals surface area contributed by atoms with Crippen LogP contribution in [0.25, 0.3) is 0 Å². The van der Waals surface area contributed by atoms with Gasteiger partial charge in [0, 0.05) is 17.8 Å². The number of rotatable bonds is 10. The van der Waals surface area contributed by atoms with Crippen LogP contribution in [0.5, 0.6) is 5.75 Å². The zero-order valence-corrected chi connectivity index (χ0v) is 15.3. The van der Waals surface area contributed by atoms with E-state index < -0.39 is 12.0 Å². The lowest BCUT2D eigenvalue weighted by atomic mass is 10.1. The van der Waals surface area contributed by atoms with Gasteiger partial charge in [0.05, 0.1) is 7.11 Å². The van der Waals surface area contributed by atoms with Gasteiger partial charge in [-0.05, 0) is 49.2 Å². The summed E-state index contributed by atoms with van der Waals surface area (Å²) in [6.07, 6.45) is 1.07. The molecule has 0 heterocycles. The minimum absolute atomic E-state index is 0.214. The summed E-state index contributed by atoms with van der Waals surface area (Å²) in [6, 6.07) is 13.7. The monoisotopic (exact) mass is 371 g/mol. The Morgan fingerprint density at radius 1 is 1.19 bits per heavy atom. The first-order valence-electron chi connectivity index (χ1n) is 8.73. The highest BCUT2D eigenvalue weighted by Crippen LogP contribution is 2.18. The van der Waals surface area contributed by atoms with Gasteiger partial charge in [0.1, 0.15) is 11.8 Å². The number of ether oxygens (including phenoxy) is 1. The summed E-state index contributed by atoms with van der Waals surface area (Å²) in [5, 5.41) is 14.9. The Kier molecular flexibility index (Phi) is 7.79. The number of para-hydroxylation sites is 1. The zero-order chi connectivity index (χ0) is 19.6. The SMILES string of the molecule is COc1cccc(C(=O)Nc2ccccc2CNCCCC(N)C(=O)O)c1. The van der Waals surface area contributed by atoms with Crippen molar-refractivity contribution in [1.82, 2.24) is 5.32 Å². The van der Waals surface area contributed by atoms with Crippen molar-refractivity contribution in [2.24, 2.45) is 5.73 Å². The molecule has 0 aliphatic heterocycles. The second-order valence-electron chi connectivity index (χ2n) is 6.11. The Morgan fingerprint density at radius 2 is 1.96 bits per heavy atom. The molecule has 2 rings (SSSR count). The number of aliphatic carboxylic acids is 1. The van der Waals surface area contributed by atoms with Crippen molar-refractivity contribution < 1.29 is 19.4 Å². The number of nitrogens with two attached hydrogens (primary N) is 1. The second-order valence-corrected chi connectivity index (χ2v) is 6.11. The highest BCUT2D eigenvalue weighted by Gasteiger charge is 2.11. The molecule has 7 nitrogen and oxygen atoms in total. The van der Waals surface area contributed by atoms with E-state index in [1.165, 1.54) is 0 Å². The van der Waals surface area contributed by atoms with Crippen LogP contribution in [0.2, 0.25) is 0 Å². The number of carboxylic acids is 1. The maximum atomic E-state index is 12.5. The first-order chi connectivity index (χ1) is 13.0. The molecule has 0 aliphatic carbocycles. The molecule has 0 aliphatic rings. The molecule has 27 heavy (non-hydrogen) atoms. The fraction of sp³-hybridized carbons (Fsp3) is 0.300. The standard InChI is InChI=1S/C20H25N3O4/c1-27-16-8-4-7-14(12-16)19(24)23-18-10-3-2-6-15(18)13-22-11-5-9-17(21)20(25)26/h2-4,6-8,10,12,17,22H,5,9,11,13,21H2,1H3,(H,23,24)(H,25,26). The van der Waals surface area contributed by atoms with Gasteiger partial charge >= 0.3 is 5.97 Å². The molecule has 2 aromatic rings. The molecule has 0 aromatic heterocycles. The summed E-state index contributed by atoms with van der Waals surface area (Å²) >= 11 is 0. The van der Waals surface area contributed by atoms with Gasteiger partial charge in [-0.25, -0.2) is 0 Å². The largest absolute Gasteiger partial charge is 0.497 e. The van der Waals surface area contributed by atoms with Crippen LogP contribution in [-0.4, -0.2) is 36.7 Å². The maximum absolute atomic E-state index is 12.5. The average Bonchev–Trinajstić information content (AvgIpc) is 2.68. The minimum Gasteiger partial charge on any atom is -0.497 e. The van der Waals surface area contributed by atoms with E-state index in [0.717, 1.165) is 11.3 Å². The third kappa shape index (κ3) is 6.40. The number of amides is 1. The van der Waals surface area contributed by atoms with Gasteiger partial charge in [0.2, 0.25) is 0 Å². The number of carbonyl (C=O) groups excluding carboxylic acids is 1. The van der Waals surface area contributed by atoms with Crippen LogP contribution in [0.15, 0.2) is 48.5 Å². The van der Waals surface area contributed by atoms with Gasteiger partial charge < -0.3 is 26.2 Å². The van der Waals surface area contributed by atoms with Crippen molar-refractivity contribution in [3.63, 3.8) is 0 Å². The fourth-order valence-electron chi connectivity index (χ4n) is 2.55. The summed E-state index contributed by atoms with van der Waals surface area (Å²) in [5.41, 5.74) is 7.66. The molecule has 0 fully saturated rings. The number of hydrogen-bond acceptors (Lipinski definition) is 5. The average molecular weight is 371 g/mol. The van der Waals surface area contributed by atoms with Crippen molar-refractivity contribution in [2.45, 2.75) is 25.4 Å². The molecule has 1 amide bonds. The Morgan fingerprint density at radius 3 is 2.70 bits per heavy atom. The van der Waals surface area contributed by atoms with E-state index >= 15 is 0 Å². The lowest BCUT2D eigenvalue weighted by Crippen LogP contribution is -2.31. The number of hydrogen-bond donors (Lipinski definition) is 4. The molecule has 0 saturated heterocycles. The summed E-state index contributed by atoms with van der Waals surface area (Å²) in [5.74, 6) is -0.577. The van der Waals surface area contributed by atoms with Gasteiger partial charge in [-0.1, -0.05) is 24.3 Å². The summed E-state index contributed by atoms with van der Waals surface area (Å²) in [6.45, 7) is 1.19. The number of carbonyl (C=O) groups is 2. The van der Waals surface area contributed by atoms with Crippen LogP contribution < -0.4 is 21.1 Å². The van der Waals surface area contributed by atoms with Gasteiger partial charge in [-0.2, -0.15) is 0 Å². The van der Waals surface area contributed by atoms with Crippen LogP contribution in [0.1, 0.15) is 28.8 Å². The number of anilines is 1. The first kappa shape index (κ1) is 20.4. The van der Waals surface area contributed by atoms with Crippen molar-refractivity contribution in [2.75, 3.05) is 19.0 Å². The normalized spacial score (nSPS) is 11.6. The van der Waals surface area contributed by atoms with Gasteiger partial charge in [0.15, 0.2) is 0 Å². The Hall–Kier alpha value is -2.90. The Labute approximate surface area is 158 Å². The van der Waals surface area contributed by atoms with Gasteiger partial charge in [-0.15, -0.1) is 0 Å². The molecule has 1 atom stereocenters. The van der Waals surface area contributed by atoms with Gasteiger partial charge in [0.25, 0.3) is 5.91 Å². The smallest absolute Gasteiger partial charge is 0.320 e. The first-order valence-corrected chi connectivity index (χ1v) is 8.73. The third-order valence-electron chi connectivity index (χ3n) is 4.10.